The molecule has 2 aromatic rings. The molecule has 4 nitrogen and oxygen atoms in total. The molecule has 1 N–H and O–H groups in total. The van der Waals surface area contributed by atoms with Gasteiger partial charge < -0.3 is 10.2 Å². The van der Waals surface area contributed by atoms with Crippen molar-refractivity contribution < 1.29 is 9.59 Å². The van der Waals surface area contributed by atoms with Crippen LogP contribution in [-0.2, 0) is 9.59 Å². The molecule has 0 unspecified atom stereocenters. The molecule has 0 bridgehead atoms. The van der Waals surface area contributed by atoms with Gasteiger partial charge >= 0.3 is 0 Å². The van der Waals surface area contributed by atoms with Gasteiger partial charge in [0.1, 0.15) is 6.04 Å². The van der Waals surface area contributed by atoms with E-state index in [1.165, 1.54) is 11.8 Å². The van der Waals surface area contributed by atoms with E-state index in [2.05, 4.69) is 17.4 Å². The van der Waals surface area contributed by atoms with Crippen molar-refractivity contribution in [2.45, 2.75) is 17.9 Å². The molecule has 0 saturated carbocycles. The predicted molar refractivity (Wildman–Crippen MR) is 92.5 cm³/mol. The Kier molecular flexibility index (Phi) is 4.67. The molecule has 5 heteroatoms. The zero-order valence-corrected chi connectivity index (χ0v) is 13.7. The van der Waals surface area contributed by atoms with Crippen LogP contribution in [0.5, 0.6) is 0 Å². The van der Waals surface area contributed by atoms with Crippen LogP contribution in [0.25, 0.3) is 0 Å². The van der Waals surface area contributed by atoms with Gasteiger partial charge in [-0.15, -0.1) is 11.8 Å². The van der Waals surface area contributed by atoms with Crippen LogP contribution < -0.4 is 10.2 Å². The molecule has 1 atom stereocenters. The number of thioether (sulfide) groups is 1. The number of rotatable bonds is 5. The molecule has 0 fully saturated rings. The number of nitrogens with zero attached hydrogens (tertiary/aromatic N) is 1. The first kappa shape index (κ1) is 15.6. The Balaban J connectivity index is 1.72. The number of benzene rings is 2. The predicted octanol–water partition coefficient (Wildman–Crippen LogP) is 3.00. The summed E-state index contributed by atoms with van der Waals surface area (Å²) in [6, 6.07) is 17.2. The highest BCUT2D eigenvalue weighted by Crippen LogP contribution is 2.35. The molecular formula is C18H18N2O2S. The smallest absolute Gasteiger partial charge is 0.254 e. The summed E-state index contributed by atoms with van der Waals surface area (Å²) in [5.41, 5.74) is 1.77. The fourth-order valence-corrected chi connectivity index (χ4v) is 3.59. The minimum absolute atomic E-state index is 0.0601. The van der Waals surface area contributed by atoms with Crippen LogP contribution in [0.15, 0.2) is 59.5 Å². The van der Waals surface area contributed by atoms with Crippen molar-refractivity contribution in [3.05, 3.63) is 60.2 Å². The van der Waals surface area contributed by atoms with Gasteiger partial charge in [-0.05, 0) is 18.2 Å². The largest absolute Gasteiger partial charge is 0.341 e. The maximum absolute atomic E-state index is 12.6. The van der Waals surface area contributed by atoms with E-state index < -0.39 is 6.04 Å². The Morgan fingerprint density at radius 1 is 1.13 bits per heavy atom. The molecule has 2 amide bonds. The third-order valence-corrected chi connectivity index (χ3v) is 4.72. The SMILES string of the molecule is CC(=O)N[C@@H]1C(=O)N(CCSc2ccccc2)c2ccccc21. The lowest BCUT2D eigenvalue weighted by Gasteiger charge is -2.17. The van der Waals surface area contributed by atoms with Crippen LogP contribution >= 0.6 is 11.8 Å². The summed E-state index contributed by atoms with van der Waals surface area (Å²) in [5, 5.41) is 2.75. The lowest BCUT2D eigenvalue weighted by molar-refractivity contribution is -0.126. The first-order valence-corrected chi connectivity index (χ1v) is 8.50. The Bertz CT molecular complexity index is 718. The third-order valence-electron chi connectivity index (χ3n) is 3.73. The van der Waals surface area contributed by atoms with Gasteiger partial charge in [0.25, 0.3) is 5.91 Å². The summed E-state index contributed by atoms with van der Waals surface area (Å²) in [6.45, 7) is 2.05. The molecule has 0 aliphatic carbocycles. The molecular weight excluding hydrogens is 308 g/mol. The van der Waals surface area contributed by atoms with Crippen molar-refractivity contribution >= 4 is 29.3 Å². The minimum atomic E-state index is -0.564. The molecule has 23 heavy (non-hydrogen) atoms. The van der Waals surface area contributed by atoms with Gasteiger partial charge in [-0.2, -0.15) is 0 Å². The van der Waals surface area contributed by atoms with E-state index in [1.807, 2.05) is 42.5 Å². The summed E-state index contributed by atoms with van der Waals surface area (Å²) < 4.78 is 0. The fraction of sp³-hybridized carbons (Fsp3) is 0.222. The Labute approximate surface area is 139 Å². The van der Waals surface area contributed by atoms with Gasteiger partial charge in [-0.25, -0.2) is 0 Å². The molecule has 1 aliphatic rings. The normalized spacial score (nSPS) is 16.3. The first-order chi connectivity index (χ1) is 11.2. The fourth-order valence-electron chi connectivity index (χ4n) is 2.73. The van der Waals surface area contributed by atoms with E-state index in [1.54, 1.807) is 16.7 Å². The standard InChI is InChI=1S/C18H18N2O2S/c1-13(21)19-17-15-9-5-6-10-16(15)20(18(17)22)11-12-23-14-7-3-2-4-8-14/h2-10,17H,11-12H2,1H3,(H,19,21)/t17-/m0/s1. The number of anilines is 1. The van der Waals surface area contributed by atoms with Crippen molar-refractivity contribution in [2.75, 3.05) is 17.2 Å². The minimum Gasteiger partial charge on any atom is -0.341 e. The summed E-state index contributed by atoms with van der Waals surface area (Å²) in [5.74, 6) is 0.547. The van der Waals surface area contributed by atoms with Crippen molar-refractivity contribution in [1.29, 1.82) is 0 Å². The average molecular weight is 326 g/mol. The number of carbonyl (C=O) groups is 2. The highest BCUT2D eigenvalue weighted by atomic mass is 32.2. The van der Waals surface area contributed by atoms with Crippen LogP contribution in [0.2, 0.25) is 0 Å². The number of hydrogen-bond acceptors (Lipinski definition) is 3. The molecule has 1 aliphatic heterocycles. The quantitative estimate of drug-likeness (QED) is 0.859. The Hall–Kier alpha value is -2.27. The van der Waals surface area contributed by atoms with E-state index in [0.29, 0.717) is 6.54 Å². The van der Waals surface area contributed by atoms with Crippen molar-refractivity contribution in [2.24, 2.45) is 0 Å². The van der Waals surface area contributed by atoms with E-state index in [4.69, 9.17) is 0 Å². The molecule has 0 saturated heterocycles. The van der Waals surface area contributed by atoms with Crippen LogP contribution in [0.4, 0.5) is 5.69 Å². The van der Waals surface area contributed by atoms with E-state index in [9.17, 15) is 9.59 Å². The van der Waals surface area contributed by atoms with Gasteiger partial charge in [0, 0.05) is 35.4 Å². The van der Waals surface area contributed by atoms with Crippen LogP contribution in [0.1, 0.15) is 18.5 Å². The van der Waals surface area contributed by atoms with Gasteiger partial charge in [0.15, 0.2) is 0 Å². The van der Waals surface area contributed by atoms with Crippen LogP contribution in [0, 0.1) is 0 Å². The lowest BCUT2D eigenvalue weighted by atomic mass is 10.1. The highest BCUT2D eigenvalue weighted by Gasteiger charge is 2.37. The number of amides is 2. The molecule has 0 radical (unpaired) electrons. The van der Waals surface area contributed by atoms with Gasteiger partial charge in [0.05, 0.1) is 0 Å². The maximum atomic E-state index is 12.6. The summed E-state index contributed by atoms with van der Waals surface area (Å²) >= 11 is 1.72. The van der Waals surface area contributed by atoms with Crippen molar-refractivity contribution in [1.82, 2.24) is 5.32 Å². The second kappa shape index (κ2) is 6.87. The Morgan fingerprint density at radius 3 is 2.57 bits per heavy atom. The average Bonchev–Trinajstić information content (AvgIpc) is 2.81. The van der Waals surface area contributed by atoms with Crippen molar-refractivity contribution in [3.63, 3.8) is 0 Å². The number of nitrogens with one attached hydrogen (secondary N) is 1. The van der Waals surface area contributed by atoms with Gasteiger partial charge in [-0.1, -0.05) is 36.4 Å². The van der Waals surface area contributed by atoms with Crippen LogP contribution in [-0.4, -0.2) is 24.1 Å². The van der Waals surface area contributed by atoms with Gasteiger partial charge in [-0.3, -0.25) is 9.59 Å². The zero-order valence-electron chi connectivity index (χ0n) is 12.9. The zero-order chi connectivity index (χ0) is 16.2. The van der Waals surface area contributed by atoms with E-state index in [-0.39, 0.29) is 11.8 Å². The maximum Gasteiger partial charge on any atom is 0.254 e. The molecule has 1 heterocycles. The monoisotopic (exact) mass is 326 g/mol. The summed E-state index contributed by atoms with van der Waals surface area (Å²) in [7, 11) is 0. The number of carbonyl (C=O) groups excluding carboxylic acids is 2. The second-order valence-electron chi connectivity index (χ2n) is 5.34. The molecule has 3 rings (SSSR count). The first-order valence-electron chi connectivity index (χ1n) is 7.52. The number of hydrogen-bond donors (Lipinski definition) is 1. The van der Waals surface area contributed by atoms with Crippen LogP contribution in [0.3, 0.4) is 0 Å². The van der Waals surface area contributed by atoms with E-state index >= 15 is 0 Å². The summed E-state index contributed by atoms with van der Waals surface area (Å²) in [4.78, 5) is 27.0. The highest BCUT2D eigenvalue weighted by molar-refractivity contribution is 7.99. The molecule has 0 aromatic heterocycles. The van der Waals surface area contributed by atoms with Gasteiger partial charge in [0.2, 0.25) is 5.91 Å². The number of fused-ring (bicyclic) bond motifs is 1. The molecule has 2 aromatic carbocycles. The third kappa shape index (κ3) is 3.40. The van der Waals surface area contributed by atoms with E-state index in [0.717, 1.165) is 17.0 Å². The molecule has 118 valence electrons. The summed E-state index contributed by atoms with van der Waals surface area (Å²) in [6.07, 6.45) is 0. The second-order valence-corrected chi connectivity index (χ2v) is 6.51. The topological polar surface area (TPSA) is 49.4 Å². The Morgan fingerprint density at radius 2 is 1.83 bits per heavy atom. The molecule has 0 spiro atoms. The number of para-hydroxylation sites is 1. The lowest BCUT2D eigenvalue weighted by Crippen LogP contribution is -2.37. The van der Waals surface area contributed by atoms with Crippen molar-refractivity contribution in [3.8, 4) is 0 Å².